The lowest BCUT2D eigenvalue weighted by Gasteiger charge is -2.22. The summed E-state index contributed by atoms with van der Waals surface area (Å²) in [5.41, 5.74) is 7.66. The molecule has 1 aliphatic rings. The van der Waals surface area contributed by atoms with Crippen molar-refractivity contribution in [2.24, 2.45) is 0 Å². The molecule has 94 valence electrons. The predicted octanol–water partition coefficient (Wildman–Crippen LogP) is 3.12. The largest absolute Gasteiger partial charge is 0.398 e. The SMILES string of the molecule is Nc1cc(COCC2CCCCO2)ccc1Br. The first-order valence-corrected chi connectivity index (χ1v) is 6.78. The molecule has 1 atom stereocenters. The molecular weight excluding hydrogens is 282 g/mol. The maximum Gasteiger partial charge on any atom is 0.0808 e. The standard InChI is InChI=1S/C13H18BrNO2/c14-12-5-4-10(7-13(12)15)8-16-9-11-3-1-2-6-17-11/h4-5,7,11H,1-3,6,8-9,15H2. The minimum Gasteiger partial charge on any atom is -0.398 e. The van der Waals surface area contributed by atoms with Gasteiger partial charge < -0.3 is 15.2 Å². The number of anilines is 1. The van der Waals surface area contributed by atoms with E-state index in [-0.39, 0.29) is 6.10 Å². The molecule has 1 heterocycles. The van der Waals surface area contributed by atoms with Gasteiger partial charge in [0, 0.05) is 16.8 Å². The third-order valence-electron chi connectivity index (χ3n) is 2.91. The molecule has 1 aromatic carbocycles. The van der Waals surface area contributed by atoms with Crippen LogP contribution in [0.15, 0.2) is 22.7 Å². The molecule has 0 aliphatic carbocycles. The van der Waals surface area contributed by atoms with Crippen LogP contribution in [-0.4, -0.2) is 19.3 Å². The number of hydrogen-bond acceptors (Lipinski definition) is 3. The summed E-state index contributed by atoms with van der Waals surface area (Å²) in [5.74, 6) is 0. The summed E-state index contributed by atoms with van der Waals surface area (Å²) in [7, 11) is 0. The van der Waals surface area contributed by atoms with Gasteiger partial charge in [-0.15, -0.1) is 0 Å². The average Bonchev–Trinajstić information content (AvgIpc) is 2.35. The smallest absolute Gasteiger partial charge is 0.0808 e. The molecule has 2 rings (SSSR count). The highest BCUT2D eigenvalue weighted by molar-refractivity contribution is 9.10. The number of rotatable bonds is 4. The van der Waals surface area contributed by atoms with Crippen molar-refractivity contribution >= 4 is 21.6 Å². The van der Waals surface area contributed by atoms with Gasteiger partial charge in [0.15, 0.2) is 0 Å². The van der Waals surface area contributed by atoms with E-state index in [9.17, 15) is 0 Å². The van der Waals surface area contributed by atoms with Crippen LogP contribution in [-0.2, 0) is 16.1 Å². The van der Waals surface area contributed by atoms with Crippen LogP contribution >= 0.6 is 15.9 Å². The molecule has 1 saturated heterocycles. The van der Waals surface area contributed by atoms with E-state index in [1.807, 2.05) is 18.2 Å². The van der Waals surface area contributed by atoms with E-state index in [1.165, 1.54) is 12.8 Å². The van der Waals surface area contributed by atoms with Gasteiger partial charge in [0.25, 0.3) is 0 Å². The van der Waals surface area contributed by atoms with E-state index < -0.39 is 0 Å². The van der Waals surface area contributed by atoms with Gasteiger partial charge in [-0.1, -0.05) is 6.07 Å². The van der Waals surface area contributed by atoms with E-state index in [4.69, 9.17) is 15.2 Å². The lowest BCUT2D eigenvalue weighted by atomic mass is 10.1. The van der Waals surface area contributed by atoms with Crippen LogP contribution in [0.2, 0.25) is 0 Å². The maximum absolute atomic E-state index is 5.81. The molecule has 2 N–H and O–H groups in total. The average molecular weight is 300 g/mol. The predicted molar refractivity (Wildman–Crippen MR) is 71.8 cm³/mol. The summed E-state index contributed by atoms with van der Waals surface area (Å²) in [5, 5.41) is 0. The topological polar surface area (TPSA) is 44.5 Å². The number of ether oxygens (including phenoxy) is 2. The number of halogens is 1. The highest BCUT2D eigenvalue weighted by atomic mass is 79.9. The number of nitrogen functional groups attached to an aromatic ring is 1. The van der Waals surface area contributed by atoms with Crippen molar-refractivity contribution in [1.82, 2.24) is 0 Å². The molecule has 0 spiro atoms. The third kappa shape index (κ3) is 3.98. The normalized spacial score (nSPS) is 20.4. The van der Waals surface area contributed by atoms with Crippen molar-refractivity contribution in [3.8, 4) is 0 Å². The second kappa shape index (κ2) is 6.38. The minimum absolute atomic E-state index is 0.275. The molecule has 3 nitrogen and oxygen atoms in total. The molecule has 1 unspecified atom stereocenters. The monoisotopic (exact) mass is 299 g/mol. The van der Waals surface area contributed by atoms with Crippen molar-refractivity contribution in [1.29, 1.82) is 0 Å². The zero-order valence-corrected chi connectivity index (χ0v) is 11.4. The zero-order valence-electron chi connectivity index (χ0n) is 9.82. The second-order valence-corrected chi connectivity index (χ2v) is 5.21. The van der Waals surface area contributed by atoms with Gasteiger partial charge in [-0.25, -0.2) is 0 Å². The van der Waals surface area contributed by atoms with Crippen molar-refractivity contribution in [2.75, 3.05) is 18.9 Å². The number of hydrogen-bond donors (Lipinski definition) is 1. The molecule has 1 aromatic rings. The van der Waals surface area contributed by atoms with Gasteiger partial charge in [0.05, 0.1) is 19.3 Å². The van der Waals surface area contributed by atoms with Crippen molar-refractivity contribution in [2.45, 2.75) is 32.0 Å². The van der Waals surface area contributed by atoms with Crippen molar-refractivity contribution in [3.63, 3.8) is 0 Å². The molecule has 17 heavy (non-hydrogen) atoms. The van der Waals surface area contributed by atoms with E-state index in [0.717, 1.165) is 28.8 Å². The van der Waals surface area contributed by atoms with Gasteiger partial charge in [0.1, 0.15) is 0 Å². The molecule has 0 aromatic heterocycles. The number of benzene rings is 1. The molecule has 0 saturated carbocycles. The van der Waals surface area contributed by atoms with E-state index in [2.05, 4.69) is 15.9 Å². The molecule has 0 bridgehead atoms. The fraction of sp³-hybridized carbons (Fsp3) is 0.538. The highest BCUT2D eigenvalue weighted by Crippen LogP contribution is 2.21. The Morgan fingerprint density at radius 3 is 3.00 bits per heavy atom. The lowest BCUT2D eigenvalue weighted by molar-refractivity contribution is -0.0447. The Kier molecular flexibility index (Phi) is 4.83. The van der Waals surface area contributed by atoms with Crippen LogP contribution in [0.1, 0.15) is 24.8 Å². The number of nitrogens with two attached hydrogens (primary N) is 1. The molecule has 1 fully saturated rings. The van der Waals surface area contributed by atoms with E-state index in [1.54, 1.807) is 0 Å². The van der Waals surface area contributed by atoms with E-state index >= 15 is 0 Å². The Morgan fingerprint density at radius 2 is 2.29 bits per heavy atom. The Morgan fingerprint density at radius 1 is 1.41 bits per heavy atom. The van der Waals surface area contributed by atoms with Crippen LogP contribution in [0.4, 0.5) is 5.69 Å². The summed E-state index contributed by atoms with van der Waals surface area (Å²) >= 11 is 3.37. The van der Waals surface area contributed by atoms with Crippen molar-refractivity contribution in [3.05, 3.63) is 28.2 Å². The molecular formula is C13H18BrNO2. The summed E-state index contributed by atoms with van der Waals surface area (Å²) < 4.78 is 12.2. The summed E-state index contributed by atoms with van der Waals surface area (Å²) in [6.45, 7) is 2.15. The Labute approximate surface area is 110 Å². The molecule has 0 radical (unpaired) electrons. The van der Waals surface area contributed by atoms with Gasteiger partial charge in [-0.05, 0) is 52.9 Å². The summed E-state index contributed by atoms with van der Waals surface area (Å²) in [4.78, 5) is 0. The van der Waals surface area contributed by atoms with Crippen LogP contribution in [0.5, 0.6) is 0 Å². The summed E-state index contributed by atoms with van der Waals surface area (Å²) in [6.07, 6.45) is 3.82. The first kappa shape index (κ1) is 12.9. The van der Waals surface area contributed by atoms with Gasteiger partial charge >= 0.3 is 0 Å². The zero-order chi connectivity index (χ0) is 12.1. The van der Waals surface area contributed by atoms with Gasteiger partial charge in [-0.3, -0.25) is 0 Å². The molecule has 4 heteroatoms. The fourth-order valence-electron chi connectivity index (χ4n) is 1.93. The maximum atomic E-state index is 5.81. The fourth-order valence-corrected chi connectivity index (χ4v) is 2.18. The minimum atomic E-state index is 0.275. The Bertz CT molecular complexity index is 364. The van der Waals surface area contributed by atoms with Crippen LogP contribution < -0.4 is 5.73 Å². The van der Waals surface area contributed by atoms with Crippen LogP contribution in [0, 0.1) is 0 Å². The Balaban J connectivity index is 1.75. The Hall–Kier alpha value is -0.580. The lowest BCUT2D eigenvalue weighted by Crippen LogP contribution is -2.24. The van der Waals surface area contributed by atoms with Crippen LogP contribution in [0.3, 0.4) is 0 Å². The highest BCUT2D eigenvalue weighted by Gasteiger charge is 2.13. The van der Waals surface area contributed by atoms with Gasteiger partial charge in [-0.2, -0.15) is 0 Å². The van der Waals surface area contributed by atoms with Crippen molar-refractivity contribution < 1.29 is 9.47 Å². The van der Waals surface area contributed by atoms with Gasteiger partial charge in [0.2, 0.25) is 0 Å². The van der Waals surface area contributed by atoms with Crippen LogP contribution in [0.25, 0.3) is 0 Å². The first-order valence-electron chi connectivity index (χ1n) is 5.99. The first-order chi connectivity index (χ1) is 8.25. The summed E-state index contributed by atoms with van der Waals surface area (Å²) in [6, 6.07) is 5.90. The second-order valence-electron chi connectivity index (χ2n) is 4.36. The third-order valence-corrected chi connectivity index (χ3v) is 3.63. The molecule has 0 amide bonds. The molecule has 1 aliphatic heterocycles. The quantitative estimate of drug-likeness (QED) is 0.869. The van der Waals surface area contributed by atoms with E-state index in [0.29, 0.717) is 13.2 Å².